The van der Waals surface area contributed by atoms with Crippen LogP contribution in [0, 0.1) is 13.8 Å². The van der Waals surface area contributed by atoms with Crippen molar-refractivity contribution in [2.24, 2.45) is 0 Å². The Labute approximate surface area is 199 Å². The fourth-order valence-corrected chi connectivity index (χ4v) is 6.78. The van der Waals surface area contributed by atoms with Crippen molar-refractivity contribution in [3.05, 3.63) is 65.2 Å². The zero-order valence-corrected chi connectivity index (χ0v) is 20.6. The molecule has 3 heteroatoms. The predicted molar refractivity (Wildman–Crippen MR) is 145 cm³/mol. The molecule has 1 fully saturated rings. The van der Waals surface area contributed by atoms with E-state index in [0.717, 1.165) is 13.1 Å². The van der Waals surface area contributed by atoms with Crippen molar-refractivity contribution >= 4 is 45.9 Å². The van der Waals surface area contributed by atoms with Crippen LogP contribution in [0.3, 0.4) is 0 Å². The van der Waals surface area contributed by atoms with E-state index in [2.05, 4.69) is 86.0 Å². The van der Waals surface area contributed by atoms with E-state index < -0.39 is 0 Å². The highest BCUT2D eigenvalue weighted by Gasteiger charge is 2.42. The first kappa shape index (κ1) is 20.9. The molecule has 168 valence electrons. The Hall–Kier alpha value is -2.68. The Kier molecular flexibility index (Phi) is 5.05. The predicted octanol–water partition coefficient (Wildman–Crippen LogP) is 5.81. The van der Waals surface area contributed by atoms with Crippen LogP contribution in [0.25, 0.3) is 0 Å². The van der Waals surface area contributed by atoms with E-state index in [4.69, 9.17) is 0 Å². The molecular weight excluding hydrogens is 399 g/mol. The van der Waals surface area contributed by atoms with Gasteiger partial charge in [0.15, 0.2) is 0 Å². The van der Waals surface area contributed by atoms with Gasteiger partial charge in [-0.25, -0.2) is 0 Å². The molecule has 3 aromatic carbocycles. The van der Waals surface area contributed by atoms with Crippen molar-refractivity contribution in [3.63, 3.8) is 0 Å². The van der Waals surface area contributed by atoms with Gasteiger partial charge in [-0.2, -0.15) is 0 Å². The largest absolute Gasteiger partial charge is 0.343 e. The Balaban J connectivity index is 1.67. The summed E-state index contributed by atoms with van der Waals surface area (Å²) in [5, 5.41) is 0. The van der Waals surface area contributed by atoms with Crippen molar-refractivity contribution in [2.45, 2.75) is 65.7 Å². The summed E-state index contributed by atoms with van der Waals surface area (Å²) in [5.74, 6) is 0.704. The third-order valence-electron chi connectivity index (χ3n) is 8.31. The number of hydrogen-bond donors (Lipinski definition) is 0. The number of anilines is 4. The van der Waals surface area contributed by atoms with E-state index in [1.807, 2.05) is 0 Å². The van der Waals surface area contributed by atoms with Crippen molar-refractivity contribution in [1.29, 1.82) is 0 Å². The molecule has 2 aliphatic heterocycles. The average Bonchev–Trinajstić information content (AvgIpc) is 2.84. The molecule has 0 saturated heterocycles. The Bertz CT molecular complexity index is 1140. The molecule has 0 unspecified atom stereocenters. The summed E-state index contributed by atoms with van der Waals surface area (Å²) in [6, 6.07) is 19.3. The van der Waals surface area contributed by atoms with Gasteiger partial charge < -0.3 is 9.80 Å². The van der Waals surface area contributed by atoms with Gasteiger partial charge in [0, 0.05) is 35.8 Å². The zero-order valence-electron chi connectivity index (χ0n) is 20.6. The minimum Gasteiger partial charge on any atom is -0.343 e. The lowest BCUT2D eigenvalue weighted by Crippen LogP contribution is -2.62. The molecule has 0 amide bonds. The molecule has 3 aliphatic rings. The number of hydrogen-bond acceptors (Lipinski definition) is 2. The fraction of sp³-hybridized carbons (Fsp3) is 0.400. The Morgan fingerprint density at radius 1 is 0.697 bits per heavy atom. The molecule has 6 rings (SSSR count). The minimum absolute atomic E-state index is 0.311. The number of aryl methyl sites for hydroxylation is 2. The average molecular weight is 434 g/mol. The number of rotatable bonds is 3. The van der Waals surface area contributed by atoms with Crippen molar-refractivity contribution < 1.29 is 0 Å². The first-order valence-electron chi connectivity index (χ1n) is 13.0. The lowest BCUT2D eigenvalue weighted by atomic mass is 9.33. The lowest BCUT2D eigenvalue weighted by Gasteiger charge is -2.44. The maximum Gasteiger partial charge on any atom is 0.252 e. The summed E-state index contributed by atoms with van der Waals surface area (Å²) < 4.78 is 0. The second-order valence-corrected chi connectivity index (χ2v) is 10.4. The third kappa shape index (κ3) is 3.15. The van der Waals surface area contributed by atoms with Crippen LogP contribution in [0.5, 0.6) is 0 Å². The van der Waals surface area contributed by atoms with E-state index in [1.54, 1.807) is 5.56 Å². The van der Waals surface area contributed by atoms with Crippen LogP contribution in [0.4, 0.5) is 22.7 Å². The first-order valence-corrected chi connectivity index (χ1v) is 13.0. The van der Waals surface area contributed by atoms with Crippen LogP contribution in [0.15, 0.2) is 48.5 Å². The molecular formula is C30H35BN2. The lowest BCUT2D eigenvalue weighted by molar-refractivity contribution is 0.444. The van der Waals surface area contributed by atoms with E-state index in [1.165, 1.54) is 82.4 Å². The molecule has 0 atom stereocenters. The summed E-state index contributed by atoms with van der Waals surface area (Å²) in [4.78, 5) is 5.18. The molecule has 3 aromatic rings. The second-order valence-electron chi connectivity index (χ2n) is 10.4. The molecule has 1 saturated carbocycles. The summed E-state index contributed by atoms with van der Waals surface area (Å²) >= 11 is 0. The highest BCUT2D eigenvalue weighted by atomic mass is 15.2. The number of nitrogens with zero attached hydrogens (tertiary/aromatic N) is 2. The zero-order chi connectivity index (χ0) is 22.7. The number of fused-ring (bicyclic) bond motifs is 4. The van der Waals surface area contributed by atoms with Gasteiger partial charge in [0.1, 0.15) is 0 Å². The SMILES string of the molecule is CCN1c2ccc(C)cc2B2c3cc(C)ccc3N(CC)c3cc(C4CCCCC4)cc1c32. The van der Waals surface area contributed by atoms with Crippen molar-refractivity contribution in [1.82, 2.24) is 0 Å². The van der Waals surface area contributed by atoms with Gasteiger partial charge in [-0.15, -0.1) is 0 Å². The maximum absolute atomic E-state index is 2.59. The molecule has 2 heterocycles. The molecule has 0 bridgehead atoms. The number of benzene rings is 3. The Morgan fingerprint density at radius 3 is 1.70 bits per heavy atom. The van der Waals surface area contributed by atoms with Gasteiger partial charge in [-0.3, -0.25) is 0 Å². The van der Waals surface area contributed by atoms with Gasteiger partial charge in [-0.1, -0.05) is 54.7 Å². The van der Waals surface area contributed by atoms with Gasteiger partial charge in [0.05, 0.1) is 0 Å². The summed E-state index contributed by atoms with van der Waals surface area (Å²) in [6.45, 7) is 11.4. The van der Waals surface area contributed by atoms with Crippen LogP contribution in [0.2, 0.25) is 0 Å². The smallest absolute Gasteiger partial charge is 0.252 e. The van der Waals surface area contributed by atoms with Crippen molar-refractivity contribution in [2.75, 3.05) is 22.9 Å². The molecule has 33 heavy (non-hydrogen) atoms. The molecule has 0 radical (unpaired) electrons. The molecule has 0 N–H and O–H groups in total. The molecule has 0 spiro atoms. The van der Waals surface area contributed by atoms with E-state index in [9.17, 15) is 0 Å². The highest BCUT2D eigenvalue weighted by molar-refractivity contribution is 7.00. The van der Waals surface area contributed by atoms with Gasteiger partial charge in [0.2, 0.25) is 0 Å². The van der Waals surface area contributed by atoms with E-state index in [-0.39, 0.29) is 0 Å². The van der Waals surface area contributed by atoms with Gasteiger partial charge >= 0.3 is 0 Å². The second kappa shape index (κ2) is 7.97. The van der Waals surface area contributed by atoms with Crippen LogP contribution in [-0.4, -0.2) is 19.8 Å². The van der Waals surface area contributed by atoms with E-state index >= 15 is 0 Å². The minimum atomic E-state index is 0.311. The van der Waals surface area contributed by atoms with Crippen LogP contribution in [0.1, 0.15) is 68.6 Å². The maximum atomic E-state index is 2.59. The summed E-state index contributed by atoms with van der Waals surface area (Å²) in [6.07, 6.45) is 6.83. The van der Waals surface area contributed by atoms with Gasteiger partial charge in [-0.05, 0) is 92.7 Å². The van der Waals surface area contributed by atoms with Crippen molar-refractivity contribution in [3.8, 4) is 0 Å². The third-order valence-corrected chi connectivity index (χ3v) is 8.31. The summed E-state index contributed by atoms with van der Waals surface area (Å²) in [5.41, 5.74) is 14.4. The van der Waals surface area contributed by atoms with Crippen LogP contribution in [-0.2, 0) is 0 Å². The van der Waals surface area contributed by atoms with Crippen LogP contribution >= 0.6 is 0 Å². The molecule has 1 aliphatic carbocycles. The molecule has 0 aromatic heterocycles. The first-order chi connectivity index (χ1) is 16.1. The monoisotopic (exact) mass is 434 g/mol. The highest BCUT2D eigenvalue weighted by Crippen LogP contribution is 2.42. The molecule has 2 nitrogen and oxygen atoms in total. The topological polar surface area (TPSA) is 6.48 Å². The summed E-state index contributed by atoms with van der Waals surface area (Å²) in [7, 11) is 0. The van der Waals surface area contributed by atoms with Gasteiger partial charge in [0.25, 0.3) is 6.71 Å². The Morgan fingerprint density at radius 2 is 1.21 bits per heavy atom. The normalized spacial score (nSPS) is 17.0. The fourth-order valence-electron chi connectivity index (χ4n) is 6.78. The standard InChI is InChI=1S/C30H35BN2/c1-5-32-26-14-12-20(3)16-24(26)31-25-17-21(4)13-15-27(25)33(6-2)29-19-23(18-28(32)30(29)31)22-10-8-7-9-11-22/h12-19,22H,5-11H2,1-4H3. The van der Waals surface area contributed by atoms with E-state index in [0.29, 0.717) is 12.6 Å². The van der Waals surface area contributed by atoms with Crippen LogP contribution < -0.4 is 26.2 Å². The quantitative estimate of drug-likeness (QED) is 0.480.